The van der Waals surface area contributed by atoms with E-state index in [4.69, 9.17) is 4.74 Å². The van der Waals surface area contributed by atoms with E-state index in [1.54, 1.807) is 11.3 Å². The molecule has 1 N–H and O–H groups in total. The first kappa shape index (κ1) is 14.9. The van der Waals surface area contributed by atoms with Gasteiger partial charge in [0, 0.05) is 21.1 Å². The number of rotatable bonds is 4. The van der Waals surface area contributed by atoms with Crippen molar-refractivity contribution in [1.29, 1.82) is 0 Å². The van der Waals surface area contributed by atoms with E-state index in [0.717, 1.165) is 33.9 Å². The molecule has 4 heteroatoms. The number of thioether (sulfide) groups is 1. The molecule has 1 aliphatic heterocycles. The highest BCUT2D eigenvalue weighted by molar-refractivity contribution is 7.98. The van der Waals surface area contributed by atoms with E-state index in [2.05, 4.69) is 6.07 Å². The van der Waals surface area contributed by atoms with E-state index in [1.165, 1.54) is 16.2 Å². The minimum atomic E-state index is -0.591. The van der Waals surface area contributed by atoms with Crippen LogP contribution in [-0.4, -0.2) is 17.5 Å². The van der Waals surface area contributed by atoms with Crippen molar-refractivity contribution in [3.05, 3.63) is 50.7 Å². The van der Waals surface area contributed by atoms with Gasteiger partial charge in [-0.2, -0.15) is 11.8 Å². The fourth-order valence-electron chi connectivity index (χ4n) is 2.63. The van der Waals surface area contributed by atoms with E-state index in [9.17, 15) is 5.11 Å². The van der Waals surface area contributed by atoms with Gasteiger partial charge in [0.05, 0.1) is 6.61 Å². The molecule has 0 amide bonds. The quantitative estimate of drug-likeness (QED) is 0.909. The molecule has 1 aromatic carbocycles. The molecule has 0 fully saturated rings. The summed E-state index contributed by atoms with van der Waals surface area (Å²) in [6.45, 7) is 4.62. The predicted molar refractivity (Wildman–Crippen MR) is 90.6 cm³/mol. The molecule has 0 aliphatic carbocycles. The third kappa shape index (κ3) is 3.12. The average molecular weight is 320 g/mol. The Balaban J connectivity index is 1.95. The van der Waals surface area contributed by atoms with Crippen molar-refractivity contribution in [2.75, 3.05) is 12.4 Å². The summed E-state index contributed by atoms with van der Waals surface area (Å²) in [6.07, 6.45) is 0.538. The zero-order chi connectivity index (χ0) is 14.8. The van der Waals surface area contributed by atoms with Crippen molar-refractivity contribution in [1.82, 2.24) is 0 Å². The Morgan fingerprint density at radius 3 is 2.95 bits per heavy atom. The van der Waals surface area contributed by atoms with E-state index in [0.29, 0.717) is 6.61 Å². The summed E-state index contributed by atoms with van der Waals surface area (Å²) in [7, 11) is 0. The Labute approximate surface area is 134 Å². The van der Waals surface area contributed by atoms with Crippen molar-refractivity contribution >= 4 is 23.1 Å². The summed E-state index contributed by atoms with van der Waals surface area (Å²) >= 11 is 3.72. The molecule has 0 radical (unpaired) electrons. The maximum Gasteiger partial charge on any atom is 0.125 e. The molecule has 1 atom stereocenters. The lowest BCUT2D eigenvalue weighted by atomic mass is 10.0. The second-order valence-corrected chi connectivity index (χ2v) is 7.55. The SMILES string of the molecule is CCOc1ccc(C)cc1C(O)c1cc2c(s1)CCSC2. The van der Waals surface area contributed by atoms with Crippen molar-refractivity contribution < 1.29 is 9.84 Å². The van der Waals surface area contributed by atoms with E-state index in [-0.39, 0.29) is 0 Å². The summed E-state index contributed by atoms with van der Waals surface area (Å²) in [5.74, 6) is 3.05. The van der Waals surface area contributed by atoms with Gasteiger partial charge in [-0.3, -0.25) is 0 Å². The van der Waals surface area contributed by atoms with Crippen LogP contribution in [0.3, 0.4) is 0 Å². The number of aliphatic hydroxyl groups excluding tert-OH is 1. The van der Waals surface area contributed by atoms with Crippen molar-refractivity contribution in [3.63, 3.8) is 0 Å². The molecular weight excluding hydrogens is 300 g/mol. The van der Waals surface area contributed by atoms with Crippen LogP contribution in [-0.2, 0) is 12.2 Å². The standard InChI is InChI=1S/C17H20O2S2/c1-3-19-14-5-4-11(2)8-13(14)17(18)16-9-12-10-20-7-6-15(12)21-16/h4-5,8-9,17-18H,3,6-7,10H2,1-2H3. The van der Waals surface area contributed by atoms with Gasteiger partial charge in [0.2, 0.25) is 0 Å². The molecule has 2 nitrogen and oxygen atoms in total. The molecule has 21 heavy (non-hydrogen) atoms. The van der Waals surface area contributed by atoms with E-state index in [1.807, 2.05) is 43.8 Å². The Bertz CT molecular complexity index is 610. The average Bonchev–Trinajstić information content (AvgIpc) is 2.92. The van der Waals surface area contributed by atoms with Crippen LogP contribution in [0.25, 0.3) is 0 Å². The van der Waals surface area contributed by atoms with Crippen molar-refractivity contribution in [2.24, 2.45) is 0 Å². The first-order chi connectivity index (χ1) is 10.2. The smallest absolute Gasteiger partial charge is 0.125 e. The highest BCUT2D eigenvalue weighted by Crippen LogP contribution is 2.39. The van der Waals surface area contributed by atoms with Crippen molar-refractivity contribution in [2.45, 2.75) is 32.1 Å². The molecule has 3 rings (SSSR count). The van der Waals surface area contributed by atoms with Crippen LogP contribution < -0.4 is 4.74 Å². The maximum atomic E-state index is 10.8. The van der Waals surface area contributed by atoms with Crippen LogP contribution in [0.15, 0.2) is 24.3 Å². The topological polar surface area (TPSA) is 29.5 Å². The third-order valence-electron chi connectivity index (χ3n) is 3.68. The Kier molecular flexibility index (Phi) is 4.57. The number of fused-ring (bicyclic) bond motifs is 1. The third-order valence-corrected chi connectivity index (χ3v) is 5.97. The number of benzene rings is 1. The van der Waals surface area contributed by atoms with Gasteiger partial charge >= 0.3 is 0 Å². The van der Waals surface area contributed by atoms with Gasteiger partial charge in [-0.05, 0) is 49.8 Å². The minimum absolute atomic E-state index is 0.591. The van der Waals surface area contributed by atoms with Crippen LogP contribution >= 0.6 is 23.1 Å². The Hall–Kier alpha value is -0.970. The van der Waals surface area contributed by atoms with Gasteiger partial charge in [-0.15, -0.1) is 11.3 Å². The molecule has 0 saturated carbocycles. The summed E-state index contributed by atoms with van der Waals surface area (Å²) < 4.78 is 5.68. The van der Waals surface area contributed by atoms with Crippen LogP contribution in [0.1, 0.15) is 39.5 Å². The van der Waals surface area contributed by atoms with Gasteiger partial charge < -0.3 is 9.84 Å². The van der Waals surface area contributed by atoms with Gasteiger partial charge in [-0.1, -0.05) is 11.6 Å². The number of hydrogen-bond donors (Lipinski definition) is 1. The fourth-order valence-corrected chi connectivity index (χ4v) is 5.01. The van der Waals surface area contributed by atoms with Gasteiger partial charge in [0.1, 0.15) is 11.9 Å². The largest absolute Gasteiger partial charge is 0.493 e. The highest BCUT2D eigenvalue weighted by Gasteiger charge is 2.21. The van der Waals surface area contributed by atoms with E-state index >= 15 is 0 Å². The molecule has 2 heterocycles. The summed E-state index contributed by atoms with van der Waals surface area (Å²) in [5, 5.41) is 10.8. The van der Waals surface area contributed by atoms with Crippen molar-refractivity contribution in [3.8, 4) is 5.75 Å². The molecule has 1 aliphatic rings. The summed E-state index contributed by atoms with van der Waals surface area (Å²) in [4.78, 5) is 2.47. The number of ether oxygens (including phenoxy) is 1. The lowest BCUT2D eigenvalue weighted by molar-refractivity contribution is 0.215. The lowest BCUT2D eigenvalue weighted by Gasteiger charge is -2.15. The summed E-state index contributed by atoms with van der Waals surface area (Å²) in [5.41, 5.74) is 3.42. The number of aliphatic hydroxyl groups is 1. The fraction of sp³-hybridized carbons (Fsp3) is 0.412. The first-order valence-electron chi connectivity index (χ1n) is 7.29. The molecule has 0 saturated heterocycles. The van der Waals surface area contributed by atoms with Gasteiger partial charge in [-0.25, -0.2) is 0 Å². The van der Waals surface area contributed by atoms with Gasteiger partial charge in [0.25, 0.3) is 0 Å². The molecule has 2 aromatic rings. The Morgan fingerprint density at radius 1 is 1.33 bits per heavy atom. The molecular formula is C17H20O2S2. The van der Waals surface area contributed by atoms with Gasteiger partial charge in [0.15, 0.2) is 0 Å². The summed E-state index contributed by atoms with van der Waals surface area (Å²) in [6, 6.07) is 8.19. The highest BCUT2D eigenvalue weighted by atomic mass is 32.2. The number of hydrogen-bond acceptors (Lipinski definition) is 4. The molecule has 0 bridgehead atoms. The zero-order valence-electron chi connectivity index (χ0n) is 12.4. The monoisotopic (exact) mass is 320 g/mol. The van der Waals surface area contributed by atoms with Crippen LogP contribution in [0, 0.1) is 6.92 Å². The van der Waals surface area contributed by atoms with Crippen LogP contribution in [0.4, 0.5) is 0 Å². The first-order valence-corrected chi connectivity index (χ1v) is 9.26. The molecule has 0 spiro atoms. The normalized spacial score (nSPS) is 15.6. The Morgan fingerprint density at radius 2 is 2.19 bits per heavy atom. The number of thiophene rings is 1. The van der Waals surface area contributed by atoms with E-state index < -0.39 is 6.10 Å². The maximum absolute atomic E-state index is 10.8. The second kappa shape index (κ2) is 6.42. The van der Waals surface area contributed by atoms with Crippen LogP contribution in [0.5, 0.6) is 5.75 Å². The lowest BCUT2D eigenvalue weighted by Crippen LogP contribution is -2.03. The minimum Gasteiger partial charge on any atom is -0.493 e. The number of aryl methyl sites for hydroxylation is 2. The predicted octanol–water partition coefficient (Wildman–Crippen LogP) is 4.33. The van der Waals surface area contributed by atoms with Crippen LogP contribution in [0.2, 0.25) is 0 Å². The second-order valence-electron chi connectivity index (χ2n) is 5.28. The molecule has 1 aromatic heterocycles. The molecule has 1 unspecified atom stereocenters. The zero-order valence-corrected chi connectivity index (χ0v) is 14.0. The molecule has 112 valence electrons.